The van der Waals surface area contributed by atoms with Crippen molar-refractivity contribution < 1.29 is 9.53 Å². The SMILES string of the molecule is Cc1cc(Cl)ccc1OCCCC(=O)Nc1ccc(Cn2ccccc2=O)cc1. The topological polar surface area (TPSA) is 60.3 Å². The number of nitrogens with one attached hydrogen (secondary N) is 1. The molecule has 1 aromatic heterocycles. The zero-order valence-electron chi connectivity index (χ0n) is 16.2. The van der Waals surface area contributed by atoms with Gasteiger partial charge in [-0.2, -0.15) is 0 Å². The summed E-state index contributed by atoms with van der Waals surface area (Å²) in [6.07, 6.45) is 2.74. The molecule has 0 saturated heterocycles. The maximum Gasteiger partial charge on any atom is 0.250 e. The number of carbonyl (C=O) groups is 1. The van der Waals surface area contributed by atoms with Crippen molar-refractivity contribution in [2.75, 3.05) is 11.9 Å². The maximum atomic E-state index is 12.1. The van der Waals surface area contributed by atoms with Gasteiger partial charge in [0, 0.05) is 29.4 Å². The minimum atomic E-state index is -0.0616. The van der Waals surface area contributed by atoms with Crippen LogP contribution in [-0.4, -0.2) is 17.1 Å². The fourth-order valence-electron chi connectivity index (χ4n) is 2.89. The quantitative estimate of drug-likeness (QED) is 0.549. The molecular formula is C23H23ClN2O3. The molecular weight excluding hydrogens is 388 g/mol. The number of benzene rings is 2. The molecule has 2 aromatic carbocycles. The smallest absolute Gasteiger partial charge is 0.250 e. The zero-order chi connectivity index (χ0) is 20.6. The molecule has 0 fully saturated rings. The molecule has 1 N–H and O–H groups in total. The molecule has 0 unspecified atom stereocenters. The van der Waals surface area contributed by atoms with Crippen LogP contribution < -0.4 is 15.6 Å². The summed E-state index contributed by atoms with van der Waals surface area (Å²) in [6, 6.07) is 18.0. The molecule has 6 heteroatoms. The highest BCUT2D eigenvalue weighted by Gasteiger charge is 2.05. The van der Waals surface area contributed by atoms with Crippen molar-refractivity contribution in [2.45, 2.75) is 26.3 Å². The predicted octanol–water partition coefficient (Wildman–Crippen LogP) is 4.66. The largest absolute Gasteiger partial charge is 0.493 e. The van der Waals surface area contributed by atoms with Gasteiger partial charge in [0.2, 0.25) is 5.91 Å². The number of carbonyl (C=O) groups excluding carboxylic acids is 1. The van der Waals surface area contributed by atoms with Crippen molar-refractivity contribution in [3.8, 4) is 5.75 Å². The summed E-state index contributed by atoms with van der Waals surface area (Å²) in [6.45, 7) is 2.89. The van der Waals surface area contributed by atoms with Crippen molar-refractivity contribution in [3.05, 3.63) is 93.4 Å². The lowest BCUT2D eigenvalue weighted by Crippen LogP contribution is -2.18. The third kappa shape index (κ3) is 6.22. The van der Waals surface area contributed by atoms with E-state index in [1.165, 1.54) is 6.07 Å². The lowest BCUT2D eigenvalue weighted by molar-refractivity contribution is -0.116. The standard InChI is InChI=1S/C23H23ClN2O3/c1-17-15-19(24)9-12-21(17)29-14-4-5-22(27)25-20-10-7-18(8-11-20)16-26-13-3-2-6-23(26)28/h2-3,6-13,15H,4-5,14,16H2,1H3,(H,25,27). The Kier molecular flexibility index (Phi) is 7.09. The summed E-state index contributed by atoms with van der Waals surface area (Å²) < 4.78 is 7.34. The minimum Gasteiger partial charge on any atom is -0.493 e. The number of ether oxygens (including phenoxy) is 1. The van der Waals surface area contributed by atoms with Gasteiger partial charge >= 0.3 is 0 Å². The first-order chi connectivity index (χ1) is 14.0. The number of aryl methyl sites for hydroxylation is 1. The van der Waals surface area contributed by atoms with E-state index in [0.29, 0.717) is 31.0 Å². The number of rotatable bonds is 8. The van der Waals surface area contributed by atoms with Crippen LogP contribution in [-0.2, 0) is 11.3 Å². The van der Waals surface area contributed by atoms with Crippen LogP contribution in [0, 0.1) is 6.92 Å². The molecule has 0 spiro atoms. The molecule has 1 heterocycles. The Balaban J connectivity index is 1.43. The van der Waals surface area contributed by atoms with E-state index in [0.717, 1.165) is 22.6 Å². The van der Waals surface area contributed by atoms with E-state index in [4.69, 9.17) is 16.3 Å². The second-order valence-electron chi connectivity index (χ2n) is 6.77. The molecule has 150 valence electrons. The van der Waals surface area contributed by atoms with Crippen LogP contribution in [0.25, 0.3) is 0 Å². The van der Waals surface area contributed by atoms with Gasteiger partial charge in [0.05, 0.1) is 13.2 Å². The number of hydrogen-bond donors (Lipinski definition) is 1. The summed E-state index contributed by atoms with van der Waals surface area (Å²) in [7, 11) is 0. The average molecular weight is 411 g/mol. The lowest BCUT2D eigenvalue weighted by Gasteiger charge is -2.10. The Bertz CT molecular complexity index is 1030. The Morgan fingerprint density at radius 3 is 2.62 bits per heavy atom. The predicted molar refractivity (Wildman–Crippen MR) is 116 cm³/mol. The third-order valence-corrected chi connectivity index (χ3v) is 4.67. The average Bonchev–Trinajstić information content (AvgIpc) is 2.70. The highest BCUT2D eigenvalue weighted by atomic mass is 35.5. The van der Waals surface area contributed by atoms with Crippen molar-refractivity contribution in [2.24, 2.45) is 0 Å². The molecule has 0 bridgehead atoms. The van der Waals surface area contributed by atoms with Crippen LogP contribution in [0.15, 0.2) is 71.7 Å². The number of amides is 1. The van der Waals surface area contributed by atoms with Crippen LogP contribution in [0.3, 0.4) is 0 Å². The number of anilines is 1. The van der Waals surface area contributed by atoms with Crippen LogP contribution in [0.1, 0.15) is 24.0 Å². The number of aromatic nitrogens is 1. The second-order valence-corrected chi connectivity index (χ2v) is 7.21. The summed E-state index contributed by atoms with van der Waals surface area (Å²) in [5.41, 5.74) is 2.65. The van der Waals surface area contributed by atoms with Crippen molar-refractivity contribution in [3.63, 3.8) is 0 Å². The number of hydrogen-bond acceptors (Lipinski definition) is 3. The van der Waals surface area contributed by atoms with Crippen molar-refractivity contribution in [1.82, 2.24) is 4.57 Å². The van der Waals surface area contributed by atoms with Gasteiger partial charge < -0.3 is 14.6 Å². The number of halogens is 1. The molecule has 0 aliphatic rings. The molecule has 3 aromatic rings. The first kappa shape index (κ1) is 20.7. The summed E-state index contributed by atoms with van der Waals surface area (Å²) in [4.78, 5) is 23.9. The molecule has 0 radical (unpaired) electrons. The zero-order valence-corrected chi connectivity index (χ0v) is 17.0. The molecule has 3 rings (SSSR count). The Labute approximate surface area is 174 Å². The summed E-state index contributed by atoms with van der Waals surface area (Å²) in [5, 5.41) is 3.56. The van der Waals surface area contributed by atoms with Gasteiger partial charge in [0.1, 0.15) is 5.75 Å². The van der Waals surface area contributed by atoms with Gasteiger partial charge in [-0.1, -0.05) is 29.8 Å². The van der Waals surface area contributed by atoms with Crippen molar-refractivity contribution >= 4 is 23.2 Å². The Hall–Kier alpha value is -3.05. The highest BCUT2D eigenvalue weighted by Crippen LogP contribution is 2.22. The molecule has 0 aliphatic carbocycles. The van der Waals surface area contributed by atoms with Gasteiger partial charge in [-0.15, -0.1) is 0 Å². The van der Waals surface area contributed by atoms with E-state index < -0.39 is 0 Å². The fourth-order valence-corrected chi connectivity index (χ4v) is 3.12. The second kappa shape index (κ2) is 9.94. The van der Waals surface area contributed by atoms with Crippen molar-refractivity contribution in [1.29, 1.82) is 0 Å². The van der Waals surface area contributed by atoms with Crippen LogP contribution in [0.5, 0.6) is 5.75 Å². The molecule has 29 heavy (non-hydrogen) atoms. The van der Waals surface area contributed by atoms with E-state index in [1.807, 2.05) is 49.4 Å². The Morgan fingerprint density at radius 1 is 1.10 bits per heavy atom. The summed E-state index contributed by atoms with van der Waals surface area (Å²) >= 11 is 5.93. The van der Waals surface area contributed by atoms with E-state index in [9.17, 15) is 9.59 Å². The van der Waals surface area contributed by atoms with E-state index in [-0.39, 0.29) is 11.5 Å². The van der Waals surface area contributed by atoms with Crippen LogP contribution in [0.2, 0.25) is 5.02 Å². The highest BCUT2D eigenvalue weighted by molar-refractivity contribution is 6.30. The van der Waals surface area contributed by atoms with E-state index in [1.54, 1.807) is 22.9 Å². The Morgan fingerprint density at radius 2 is 1.90 bits per heavy atom. The van der Waals surface area contributed by atoms with Gasteiger partial charge in [0.15, 0.2) is 0 Å². The number of pyridine rings is 1. The van der Waals surface area contributed by atoms with Gasteiger partial charge in [-0.05, 0) is 60.9 Å². The van der Waals surface area contributed by atoms with Gasteiger partial charge in [-0.3, -0.25) is 9.59 Å². The van der Waals surface area contributed by atoms with E-state index >= 15 is 0 Å². The molecule has 0 aliphatic heterocycles. The van der Waals surface area contributed by atoms with Crippen LogP contribution in [0.4, 0.5) is 5.69 Å². The monoisotopic (exact) mass is 410 g/mol. The lowest BCUT2D eigenvalue weighted by atomic mass is 10.2. The molecule has 1 amide bonds. The van der Waals surface area contributed by atoms with Gasteiger partial charge in [0.25, 0.3) is 5.56 Å². The maximum absolute atomic E-state index is 12.1. The minimum absolute atomic E-state index is 0.0408. The molecule has 0 atom stereocenters. The molecule has 5 nitrogen and oxygen atoms in total. The van der Waals surface area contributed by atoms with E-state index in [2.05, 4.69) is 5.32 Å². The fraction of sp³-hybridized carbons (Fsp3) is 0.217. The first-order valence-electron chi connectivity index (χ1n) is 9.44. The number of nitrogens with zero attached hydrogens (tertiary/aromatic N) is 1. The third-order valence-electron chi connectivity index (χ3n) is 4.43. The normalized spacial score (nSPS) is 10.6. The summed E-state index contributed by atoms with van der Waals surface area (Å²) in [5.74, 6) is 0.719. The first-order valence-corrected chi connectivity index (χ1v) is 9.82. The van der Waals surface area contributed by atoms with Gasteiger partial charge in [-0.25, -0.2) is 0 Å². The van der Waals surface area contributed by atoms with Crippen LogP contribution >= 0.6 is 11.6 Å². The molecule has 0 saturated carbocycles.